The van der Waals surface area contributed by atoms with Crippen LogP contribution in [0.15, 0.2) is 12.2 Å². The van der Waals surface area contributed by atoms with Gasteiger partial charge < -0.3 is 10.8 Å². The van der Waals surface area contributed by atoms with Crippen LogP contribution in [0.3, 0.4) is 0 Å². The number of carboxylic acid groups (broad SMARTS) is 1. The minimum absolute atomic E-state index is 0.0144. The Hall–Kier alpha value is -1.49. The van der Waals surface area contributed by atoms with Crippen LogP contribution >= 0.6 is 0 Å². The third kappa shape index (κ3) is 3.95. The third-order valence-electron chi connectivity index (χ3n) is 1.76. The van der Waals surface area contributed by atoms with E-state index in [2.05, 4.69) is 6.58 Å². The zero-order valence-electron chi connectivity index (χ0n) is 7.95. The molecule has 0 aliphatic carbocycles. The molecule has 0 aromatic heterocycles. The van der Waals surface area contributed by atoms with Gasteiger partial charge in [0.15, 0.2) is 11.6 Å². The molecule has 0 heterocycles. The molecule has 0 amide bonds. The SMILES string of the molecule is C=C(C(C)=O)C(=O)CCC(N)C(=O)O. The minimum atomic E-state index is -1.16. The number of carboxylic acids is 1. The Bertz CT molecular complexity index is 283. The zero-order chi connectivity index (χ0) is 11.3. The predicted octanol–water partition coefficient (Wildman–Crippen LogP) is -0.107. The van der Waals surface area contributed by atoms with Gasteiger partial charge >= 0.3 is 5.97 Å². The van der Waals surface area contributed by atoms with Gasteiger partial charge in [0.05, 0.1) is 5.57 Å². The van der Waals surface area contributed by atoms with E-state index in [4.69, 9.17) is 10.8 Å². The topological polar surface area (TPSA) is 97.5 Å². The van der Waals surface area contributed by atoms with Crippen LogP contribution in [0.5, 0.6) is 0 Å². The lowest BCUT2D eigenvalue weighted by atomic mass is 10.0. The Kier molecular flexibility index (Phi) is 4.72. The van der Waals surface area contributed by atoms with E-state index in [9.17, 15) is 14.4 Å². The van der Waals surface area contributed by atoms with Gasteiger partial charge in [-0.3, -0.25) is 14.4 Å². The van der Waals surface area contributed by atoms with Crippen molar-refractivity contribution >= 4 is 17.5 Å². The van der Waals surface area contributed by atoms with Gasteiger partial charge in [0.1, 0.15) is 6.04 Å². The smallest absolute Gasteiger partial charge is 0.320 e. The molecule has 78 valence electrons. The highest BCUT2D eigenvalue weighted by Crippen LogP contribution is 2.03. The van der Waals surface area contributed by atoms with Crippen LogP contribution < -0.4 is 5.73 Å². The Morgan fingerprint density at radius 1 is 1.43 bits per heavy atom. The van der Waals surface area contributed by atoms with Gasteiger partial charge in [0, 0.05) is 6.42 Å². The second-order valence-electron chi connectivity index (χ2n) is 2.94. The van der Waals surface area contributed by atoms with Gasteiger partial charge in [0.2, 0.25) is 0 Å². The van der Waals surface area contributed by atoms with Gasteiger partial charge in [-0.25, -0.2) is 0 Å². The normalized spacial score (nSPS) is 11.9. The van der Waals surface area contributed by atoms with E-state index >= 15 is 0 Å². The summed E-state index contributed by atoms with van der Waals surface area (Å²) < 4.78 is 0. The molecule has 0 rings (SSSR count). The molecule has 0 saturated carbocycles. The number of aliphatic carboxylic acids is 1. The van der Waals surface area contributed by atoms with Crippen molar-refractivity contribution < 1.29 is 19.5 Å². The number of carbonyl (C=O) groups excluding carboxylic acids is 2. The fraction of sp³-hybridized carbons (Fsp3) is 0.444. The Balaban J connectivity index is 4.04. The van der Waals surface area contributed by atoms with Crippen LogP contribution in [-0.4, -0.2) is 28.7 Å². The summed E-state index contributed by atoms with van der Waals surface area (Å²) in [7, 11) is 0. The molecule has 3 N–H and O–H groups in total. The molecule has 5 nitrogen and oxygen atoms in total. The Morgan fingerprint density at radius 2 is 1.93 bits per heavy atom. The highest BCUT2D eigenvalue weighted by Gasteiger charge is 2.16. The lowest BCUT2D eigenvalue weighted by molar-refractivity contribution is -0.138. The maximum Gasteiger partial charge on any atom is 0.320 e. The summed E-state index contributed by atoms with van der Waals surface area (Å²) in [5, 5.41) is 8.42. The van der Waals surface area contributed by atoms with Crippen LogP contribution in [0.4, 0.5) is 0 Å². The standard InChI is InChI=1S/C9H13NO4/c1-5(6(2)11)8(12)4-3-7(10)9(13)14/h7H,1,3-4,10H2,2H3,(H,13,14). The van der Waals surface area contributed by atoms with E-state index in [1.54, 1.807) is 0 Å². The largest absolute Gasteiger partial charge is 0.480 e. The molecule has 0 spiro atoms. The second-order valence-corrected chi connectivity index (χ2v) is 2.94. The van der Waals surface area contributed by atoms with Crippen molar-refractivity contribution in [2.24, 2.45) is 5.73 Å². The second kappa shape index (κ2) is 5.29. The minimum Gasteiger partial charge on any atom is -0.480 e. The van der Waals surface area contributed by atoms with Crippen molar-refractivity contribution in [1.82, 2.24) is 0 Å². The molecule has 0 aromatic carbocycles. The summed E-state index contributed by atoms with van der Waals surface area (Å²) in [4.78, 5) is 32.1. The van der Waals surface area contributed by atoms with Gasteiger partial charge in [-0.2, -0.15) is 0 Å². The fourth-order valence-corrected chi connectivity index (χ4v) is 0.757. The average Bonchev–Trinajstić information content (AvgIpc) is 2.11. The number of hydrogen-bond acceptors (Lipinski definition) is 4. The van der Waals surface area contributed by atoms with Gasteiger partial charge in [-0.15, -0.1) is 0 Å². The molecule has 0 aliphatic heterocycles. The highest BCUT2D eigenvalue weighted by molar-refractivity contribution is 6.18. The number of allylic oxidation sites excluding steroid dienone is 1. The first kappa shape index (κ1) is 12.5. The third-order valence-corrected chi connectivity index (χ3v) is 1.76. The molecule has 0 bridgehead atoms. The molecule has 1 atom stereocenters. The summed E-state index contributed by atoms with van der Waals surface area (Å²) in [6.07, 6.45) is -0.0493. The van der Waals surface area contributed by atoms with Gasteiger partial charge in [-0.1, -0.05) is 6.58 Å². The molecule has 5 heteroatoms. The monoisotopic (exact) mass is 199 g/mol. The first-order valence-corrected chi connectivity index (χ1v) is 4.07. The number of carbonyl (C=O) groups is 3. The fourth-order valence-electron chi connectivity index (χ4n) is 0.757. The van der Waals surface area contributed by atoms with Crippen LogP contribution in [0.25, 0.3) is 0 Å². The average molecular weight is 199 g/mol. The maximum absolute atomic E-state index is 11.1. The first-order chi connectivity index (χ1) is 6.36. The van der Waals surface area contributed by atoms with Gasteiger partial charge in [-0.05, 0) is 13.3 Å². The molecule has 0 fully saturated rings. The van der Waals surface area contributed by atoms with Crippen molar-refractivity contribution in [2.45, 2.75) is 25.8 Å². The molecule has 0 aromatic rings. The molecular weight excluding hydrogens is 186 g/mol. The number of nitrogens with two attached hydrogens (primary N) is 1. The van der Waals surface area contributed by atoms with E-state index in [1.807, 2.05) is 0 Å². The summed E-state index contributed by atoms with van der Waals surface area (Å²) >= 11 is 0. The number of hydrogen-bond donors (Lipinski definition) is 2. The first-order valence-electron chi connectivity index (χ1n) is 4.07. The van der Waals surface area contributed by atoms with Crippen molar-refractivity contribution in [3.8, 4) is 0 Å². The van der Waals surface area contributed by atoms with Crippen molar-refractivity contribution in [3.05, 3.63) is 12.2 Å². The lowest BCUT2D eigenvalue weighted by Gasteiger charge is -2.05. The molecule has 1 unspecified atom stereocenters. The Labute approximate surface area is 81.6 Å². The summed E-state index contributed by atoms with van der Waals surface area (Å²) in [6.45, 7) is 4.52. The Morgan fingerprint density at radius 3 is 2.29 bits per heavy atom. The van der Waals surface area contributed by atoms with Crippen LogP contribution in [0.2, 0.25) is 0 Å². The van der Waals surface area contributed by atoms with E-state index < -0.39 is 23.6 Å². The van der Waals surface area contributed by atoms with Crippen LogP contribution in [0, 0.1) is 0 Å². The van der Waals surface area contributed by atoms with E-state index in [1.165, 1.54) is 6.92 Å². The van der Waals surface area contributed by atoms with Crippen molar-refractivity contribution in [2.75, 3.05) is 0 Å². The maximum atomic E-state index is 11.1. The summed E-state index contributed by atoms with van der Waals surface area (Å²) in [5.74, 6) is -2.01. The van der Waals surface area contributed by atoms with Crippen molar-refractivity contribution in [3.63, 3.8) is 0 Å². The summed E-state index contributed by atoms with van der Waals surface area (Å²) in [5.41, 5.74) is 5.07. The molecule has 0 radical (unpaired) electrons. The quantitative estimate of drug-likeness (QED) is 0.353. The highest BCUT2D eigenvalue weighted by atomic mass is 16.4. The predicted molar refractivity (Wildman–Crippen MR) is 49.7 cm³/mol. The zero-order valence-corrected chi connectivity index (χ0v) is 7.95. The molecule has 0 saturated heterocycles. The van der Waals surface area contributed by atoms with Crippen molar-refractivity contribution in [1.29, 1.82) is 0 Å². The van der Waals surface area contributed by atoms with E-state index in [-0.39, 0.29) is 18.4 Å². The molecular formula is C9H13NO4. The number of ketones is 2. The van der Waals surface area contributed by atoms with Gasteiger partial charge in [0.25, 0.3) is 0 Å². The lowest BCUT2D eigenvalue weighted by Crippen LogP contribution is -2.30. The molecule has 14 heavy (non-hydrogen) atoms. The number of rotatable bonds is 6. The van der Waals surface area contributed by atoms with Crippen LogP contribution in [-0.2, 0) is 14.4 Å². The summed E-state index contributed by atoms with van der Waals surface area (Å²) in [6, 6.07) is -1.07. The van der Waals surface area contributed by atoms with E-state index in [0.717, 1.165) is 0 Å². The molecule has 0 aliphatic rings. The number of Topliss-reactive ketones (excluding diaryl/α,β-unsaturated/α-hetero) is 2. The van der Waals surface area contributed by atoms with Crippen LogP contribution in [0.1, 0.15) is 19.8 Å². The van der Waals surface area contributed by atoms with E-state index in [0.29, 0.717) is 0 Å².